The van der Waals surface area contributed by atoms with Crippen LogP contribution in [0.2, 0.25) is 0 Å². The molecule has 0 bridgehead atoms. The predicted octanol–water partition coefficient (Wildman–Crippen LogP) is 0.944. The normalized spacial score (nSPS) is 27.5. The zero-order valence-electron chi connectivity index (χ0n) is 11.9. The third kappa shape index (κ3) is 3.23. The van der Waals surface area contributed by atoms with Gasteiger partial charge in [-0.05, 0) is 19.9 Å². The molecule has 4 nitrogen and oxygen atoms in total. The highest BCUT2D eigenvalue weighted by molar-refractivity contribution is 4.98. The average Bonchev–Trinajstić information content (AvgIpc) is 2.34. The number of hydrogen-bond donors (Lipinski definition) is 1. The third-order valence-corrected chi connectivity index (χ3v) is 4.56. The standard InChI is InChI=1S/C14H28N2O2/c1-15-8-9-16(10-13(17)11-18-2)14(12-15)6-4-3-5-7-14/h13,17H,3-12H2,1-2H3. The first kappa shape index (κ1) is 14.3. The number of β-amino-alcohol motifs (C(OH)–C–C–N with tert-alkyl or cyclic N) is 1. The van der Waals surface area contributed by atoms with Gasteiger partial charge in [0.15, 0.2) is 0 Å². The molecule has 0 aromatic carbocycles. The van der Waals surface area contributed by atoms with Crippen LogP contribution >= 0.6 is 0 Å². The predicted molar refractivity (Wildman–Crippen MR) is 72.8 cm³/mol. The van der Waals surface area contributed by atoms with Crippen LogP contribution in [0.1, 0.15) is 32.1 Å². The minimum Gasteiger partial charge on any atom is -0.389 e. The molecule has 0 aromatic rings. The Hall–Kier alpha value is -0.160. The van der Waals surface area contributed by atoms with Crippen molar-refractivity contribution in [2.45, 2.75) is 43.7 Å². The van der Waals surface area contributed by atoms with Crippen LogP contribution in [-0.4, -0.2) is 73.5 Å². The first-order valence-electron chi connectivity index (χ1n) is 7.27. The van der Waals surface area contributed by atoms with E-state index in [9.17, 15) is 5.11 Å². The van der Waals surface area contributed by atoms with Gasteiger partial charge in [-0.2, -0.15) is 0 Å². The second-order valence-electron chi connectivity index (χ2n) is 6.08. The Bertz CT molecular complexity index is 254. The lowest BCUT2D eigenvalue weighted by atomic mass is 9.78. The molecule has 1 unspecified atom stereocenters. The number of aliphatic hydroxyl groups excluding tert-OH is 1. The molecule has 1 atom stereocenters. The summed E-state index contributed by atoms with van der Waals surface area (Å²) < 4.78 is 5.05. The fourth-order valence-corrected chi connectivity index (χ4v) is 3.68. The van der Waals surface area contributed by atoms with E-state index in [2.05, 4.69) is 16.8 Å². The molecule has 2 fully saturated rings. The van der Waals surface area contributed by atoms with Gasteiger partial charge < -0.3 is 14.7 Å². The fourth-order valence-electron chi connectivity index (χ4n) is 3.68. The number of nitrogens with zero attached hydrogens (tertiary/aromatic N) is 2. The van der Waals surface area contributed by atoms with E-state index >= 15 is 0 Å². The topological polar surface area (TPSA) is 35.9 Å². The molecule has 2 aliphatic rings. The van der Waals surface area contributed by atoms with Gasteiger partial charge in [0.2, 0.25) is 0 Å². The zero-order chi connectivity index (χ0) is 13.0. The Morgan fingerprint density at radius 3 is 2.61 bits per heavy atom. The van der Waals surface area contributed by atoms with Gasteiger partial charge in [-0.3, -0.25) is 4.90 Å². The van der Waals surface area contributed by atoms with Crippen LogP contribution in [0.25, 0.3) is 0 Å². The monoisotopic (exact) mass is 256 g/mol. The van der Waals surface area contributed by atoms with E-state index in [0.29, 0.717) is 12.1 Å². The van der Waals surface area contributed by atoms with Crippen LogP contribution in [0.3, 0.4) is 0 Å². The SMILES string of the molecule is COCC(O)CN1CCN(C)CC12CCCCC2. The molecule has 0 aromatic heterocycles. The molecule has 2 rings (SSSR count). The number of methoxy groups -OCH3 is 1. The highest BCUT2D eigenvalue weighted by Crippen LogP contribution is 2.36. The smallest absolute Gasteiger partial charge is 0.0900 e. The van der Waals surface area contributed by atoms with Crippen LogP contribution in [0.4, 0.5) is 0 Å². The minimum absolute atomic E-state index is 0.319. The molecular formula is C14H28N2O2. The van der Waals surface area contributed by atoms with Gasteiger partial charge in [-0.25, -0.2) is 0 Å². The fraction of sp³-hybridized carbons (Fsp3) is 1.00. The first-order chi connectivity index (χ1) is 8.66. The van der Waals surface area contributed by atoms with E-state index in [1.165, 1.54) is 32.1 Å². The van der Waals surface area contributed by atoms with Crippen LogP contribution in [0.5, 0.6) is 0 Å². The van der Waals surface area contributed by atoms with Gasteiger partial charge in [0.1, 0.15) is 0 Å². The number of likely N-dealkylation sites (N-methyl/N-ethyl adjacent to an activating group) is 1. The molecular weight excluding hydrogens is 228 g/mol. The Labute approximate surface area is 111 Å². The summed E-state index contributed by atoms with van der Waals surface area (Å²) in [5, 5.41) is 10.0. The molecule has 1 N–H and O–H groups in total. The molecule has 0 radical (unpaired) electrons. The number of ether oxygens (including phenoxy) is 1. The molecule has 1 spiro atoms. The van der Waals surface area contributed by atoms with Crippen molar-refractivity contribution >= 4 is 0 Å². The number of rotatable bonds is 4. The van der Waals surface area contributed by atoms with Crippen molar-refractivity contribution in [1.29, 1.82) is 0 Å². The van der Waals surface area contributed by atoms with Crippen LogP contribution < -0.4 is 0 Å². The van der Waals surface area contributed by atoms with Gasteiger partial charge in [-0.15, -0.1) is 0 Å². The van der Waals surface area contributed by atoms with Gasteiger partial charge in [0.25, 0.3) is 0 Å². The third-order valence-electron chi connectivity index (χ3n) is 4.56. The Balaban J connectivity index is 2.00. The van der Waals surface area contributed by atoms with Crippen molar-refractivity contribution in [1.82, 2.24) is 9.80 Å². The largest absolute Gasteiger partial charge is 0.389 e. The summed E-state index contributed by atoms with van der Waals surface area (Å²) in [6.45, 7) is 4.57. The molecule has 106 valence electrons. The van der Waals surface area contributed by atoms with Crippen LogP contribution in [0, 0.1) is 0 Å². The zero-order valence-corrected chi connectivity index (χ0v) is 11.9. The first-order valence-corrected chi connectivity index (χ1v) is 7.27. The summed E-state index contributed by atoms with van der Waals surface area (Å²) >= 11 is 0. The summed E-state index contributed by atoms with van der Waals surface area (Å²) in [6.07, 6.45) is 6.28. The van der Waals surface area contributed by atoms with E-state index in [4.69, 9.17) is 4.74 Å². The summed E-state index contributed by atoms with van der Waals surface area (Å²) in [6, 6.07) is 0. The summed E-state index contributed by atoms with van der Waals surface area (Å²) in [4.78, 5) is 4.99. The quantitative estimate of drug-likeness (QED) is 0.812. The molecule has 4 heteroatoms. The maximum atomic E-state index is 10.0. The number of hydrogen-bond acceptors (Lipinski definition) is 4. The molecule has 1 saturated heterocycles. The minimum atomic E-state index is -0.350. The summed E-state index contributed by atoms with van der Waals surface area (Å²) in [7, 11) is 3.88. The van der Waals surface area contributed by atoms with Crippen LogP contribution in [0.15, 0.2) is 0 Å². The van der Waals surface area contributed by atoms with Gasteiger partial charge >= 0.3 is 0 Å². The van der Waals surface area contributed by atoms with Crippen molar-refractivity contribution in [2.75, 3.05) is 46.9 Å². The van der Waals surface area contributed by atoms with E-state index in [1.807, 2.05) is 0 Å². The van der Waals surface area contributed by atoms with Crippen molar-refractivity contribution in [3.8, 4) is 0 Å². The lowest BCUT2D eigenvalue weighted by molar-refractivity contribution is -0.0530. The molecule has 1 aliphatic carbocycles. The maximum absolute atomic E-state index is 10.0. The Morgan fingerprint density at radius 2 is 1.94 bits per heavy atom. The van der Waals surface area contributed by atoms with E-state index in [1.54, 1.807) is 7.11 Å². The molecule has 1 heterocycles. The van der Waals surface area contributed by atoms with Gasteiger partial charge in [-0.1, -0.05) is 19.3 Å². The van der Waals surface area contributed by atoms with Gasteiger partial charge in [0, 0.05) is 38.8 Å². The Kier molecular flexibility index (Phi) is 5.01. The van der Waals surface area contributed by atoms with Crippen molar-refractivity contribution in [3.05, 3.63) is 0 Å². The highest BCUT2D eigenvalue weighted by Gasteiger charge is 2.41. The van der Waals surface area contributed by atoms with E-state index in [0.717, 1.165) is 26.2 Å². The van der Waals surface area contributed by atoms with Gasteiger partial charge in [0.05, 0.1) is 12.7 Å². The van der Waals surface area contributed by atoms with Crippen molar-refractivity contribution in [2.24, 2.45) is 0 Å². The highest BCUT2D eigenvalue weighted by atomic mass is 16.5. The second kappa shape index (κ2) is 6.33. The lowest BCUT2D eigenvalue weighted by Crippen LogP contribution is -2.63. The summed E-state index contributed by atoms with van der Waals surface area (Å²) in [5.41, 5.74) is 0.319. The number of piperazine rings is 1. The van der Waals surface area contributed by atoms with E-state index in [-0.39, 0.29) is 6.10 Å². The van der Waals surface area contributed by atoms with E-state index < -0.39 is 0 Å². The van der Waals surface area contributed by atoms with Crippen molar-refractivity contribution in [3.63, 3.8) is 0 Å². The maximum Gasteiger partial charge on any atom is 0.0900 e. The molecule has 0 amide bonds. The Morgan fingerprint density at radius 1 is 1.22 bits per heavy atom. The second-order valence-corrected chi connectivity index (χ2v) is 6.08. The molecule has 1 aliphatic heterocycles. The van der Waals surface area contributed by atoms with Crippen LogP contribution in [-0.2, 0) is 4.74 Å². The van der Waals surface area contributed by atoms with Crippen molar-refractivity contribution < 1.29 is 9.84 Å². The molecule has 1 saturated carbocycles. The average molecular weight is 256 g/mol. The number of aliphatic hydroxyl groups is 1. The lowest BCUT2D eigenvalue weighted by Gasteiger charge is -2.52. The summed E-state index contributed by atoms with van der Waals surface area (Å²) in [5.74, 6) is 0. The molecule has 18 heavy (non-hydrogen) atoms.